The largest absolute Gasteiger partial charge is 0.493 e. The molecule has 9 rings (SSSR count). The summed E-state index contributed by atoms with van der Waals surface area (Å²) in [4.78, 5) is 33.5. The molecule has 1 radical (unpaired) electrons. The number of para-hydroxylation sites is 2. The number of carbonyl (C=O) groups is 2. The zero-order chi connectivity index (χ0) is 55.0. The minimum Gasteiger partial charge on any atom is -0.493 e. The Balaban J connectivity index is 0.00000822. The van der Waals surface area contributed by atoms with E-state index in [1.807, 2.05) is 30.0 Å². The third-order valence-corrected chi connectivity index (χ3v) is 19.6. The normalized spacial score (nSPS) is 16.8. The second-order valence-corrected chi connectivity index (χ2v) is 25.9. The second kappa shape index (κ2) is 27.7. The van der Waals surface area contributed by atoms with Crippen LogP contribution in [-0.4, -0.2) is 113 Å². The Bertz CT molecular complexity index is 3050. The van der Waals surface area contributed by atoms with Crippen molar-refractivity contribution in [2.75, 3.05) is 80.8 Å². The number of amides is 1. The smallest absolute Gasteiger partial charge is 0.275 e. The molecule has 1 amide bonds. The van der Waals surface area contributed by atoms with Crippen molar-refractivity contribution in [3.05, 3.63) is 147 Å². The van der Waals surface area contributed by atoms with Crippen molar-refractivity contribution in [3.63, 3.8) is 0 Å². The molecule has 0 spiro atoms. The van der Waals surface area contributed by atoms with Crippen LogP contribution in [0.1, 0.15) is 94.9 Å². The number of nitrogens with zero attached hydrogens (tertiary/aromatic N) is 3. The van der Waals surface area contributed by atoms with Crippen molar-refractivity contribution in [3.8, 4) is 17.2 Å². The summed E-state index contributed by atoms with van der Waals surface area (Å²) in [7, 11) is 1.89. The maximum Gasteiger partial charge on any atom is 0.275 e. The SMILES string of the molecule is CCC(=O)C(CCSSC(C)(C)CN(CCOCCOCCOC)c1cc(COc2cc3c(cc2C)C(=O)N2c4ccccc4C[C@H]2CC3)cc(COc2cc3c(cc2OC)CN2c4ccccc4C[C@H]2[CH-]C3)c1)S(=O)(=O)O.[Y]. The molecule has 0 saturated heterocycles. The number of rotatable bonds is 27. The van der Waals surface area contributed by atoms with Crippen LogP contribution in [0.3, 0.4) is 0 Å². The van der Waals surface area contributed by atoms with E-state index in [4.69, 9.17) is 28.4 Å². The zero-order valence-corrected chi connectivity index (χ0v) is 51.7. The molecule has 4 aliphatic rings. The number of ketones is 1. The minimum absolute atomic E-state index is 0. The number of ether oxygens (including phenoxy) is 6. The molecule has 0 fully saturated rings. The number of hydrogen-bond donors (Lipinski definition) is 1. The van der Waals surface area contributed by atoms with Crippen LogP contribution in [0.2, 0.25) is 0 Å². The Morgan fingerprint density at radius 1 is 0.823 bits per heavy atom. The molecule has 3 atom stereocenters. The Kier molecular flexibility index (Phi) is 21.4. The van der Waals surface area contributed by atoms with E-state index in [2.05, 4.69) is 103 Å². The van der Waals surface area contributed by atoms with E-state index in [9.17, 15) is 22.6 Å². The molecule has 1 N–H and O–H groups in total. The molecule has 18 heteroatoms. The number of hydrogen-bond acceptors (Lipinski definition) is 14. The van der Waals surface area contributed by atoms with Crippen molar-refractivity contribution in [1.82, 2.24) is 0 Å². The molecular formula is C61H74N3O11S3Y-. The number of methoxy groups -OCH3 is 2. The summed E-state index contributed by atoms with van der Waals surface area (Å²) in [6, 6.07) is 32.1. The van der Waals surface area contributed by atoms with Gasteiger partial charge in [-0.15, -0.1) is 0 Å². The second-order valence-electron chi connectivity index (χ2n) is 21.2. The van der Waals surface area contributed by atoms with E-state index in [1.54, 1.807) is 31.9 Å². The zero-order valence-electron chi connectivity index (χ0n) is 46.4. The van der Waals surface area contributed by atoms with Gasteiger partial charge in [0.25, 0.3) is 16.0 Å². The molecule has 4 aliphatic heterocycles. The van der Waals surface area contributed by atoms with Gasteiger partial charge in [-0.2, -0.15) is 14.8 Å². The monoisotopic (exact) mass is 1210 g/mol. The molecule has 1 unspecified atom stereocenters. The molecule has 0 aliphatic carbocycles. The summed E-state index contributed by atoms with van der Waals surface area (Å²) < 4.78 is 70.3. The van der Waals surface area contributed by atoms with Crippen molar-refractivity contribution in [2.24, 2.45) is 0 Å². The average molecular weight is 1210 g/mol. The van der Waals surface area contributed by atoms with Gasteiger partial charge in [0.15, 0.2) is 17.3 Å². The van der Waals surface area contributed by atoms with Gasteiger partial charge < -0.3 is 49.5 Å². The molecule has 5 aromatic rings. The molecule has 4 heterocycles. The fourth-order valence-corrected chi connectivity index (χ4v) is 14.9. The van der Waals surface area contributed by atoms with Crippen molar-refractivity contribution in [2.45, 2.75) is 114 Å². The Morgan fingerprint density at radius 3 is 2.19 bits per heavy atom. The van der Waals surface area contributed by atoms with Crippen LogP contribution in [0.25, 0.3) is 0 Å². The van der Waals surface area contributed by atoms with Gasteiger partial charge in [-0.05, 0) is 146 Å². The van der Waals surface area contributed by atoms with Crippen LogP contribution in [0.5, 0.6) is 17.2 Å². The fourth-order valence-electron chi connectivity index (χ4n) is 11.2. The number of fused-ring (bicyclic) bond motifs is 8. The van der Waals surface area contributed by atoms with Gasteiger partial charge in [0.1, 0.15) is 24.2 Å². The van der Waals surface area contributed by atoms with Crippen molar-refractivity contribution >= 4 is 60.5 Å². The summed E-state index contributed by atoms with van der Waals surface area (Å²) in [6.45, 7) is 12.5. The van der Waals surface area contributed by atoms with Crippen molar-refractivity contribution < 1.29 is 83.7 Å². The van der Waals surface area contributed by atoms with Crippen LogP contribution in [0, 0.1) is 13.3 Å². The third kappa shape index (κ3) is 15.1. The van der Waals surface area contributed by atoms with Gasteiger partial charge in [0.2, 0.25) is 0 Å². The summed E-state index contributed by atoms with van der Waals surface area (Å²) in [5.41, 5.74) is 12.7. The Labute approximate surface area is 500 Å². The van der Waals surface area contributed by atoms with Gasteiger partial charge >= 0.3 is 0 Å². The minimum atomic E-state index is -4.52. The maximum atomic E-state index is 14.3. The van der Waals surface area contributed by atoms with Crippen LogP contribution >= 0.6 is 21.6 Å². The molecule has 0 aromatic heterocycles. The van der Waals surface area contributed by atoms with E-state index in [0.717, 1.165) is 83.6 Å². The first-order valence-corrected chi connectivity index (χ1v) is 30.9. The summed E-state index contributed by atoms with van der Waals surface area (Å²) >= 11 is 0. The summed E-state index contributed by atoms with van der Waals surface area (Å²) in [5.74, 6) is 1.96. The number of carbonyl (C=O) groups excluding carboxylic acids is 2. The van der Waals surface area contributed by atoms with E-state index >= 15 is 0 Å². The maximum absolute atomic E-state index is 14.3. The van der Waals surface area contributed by atoms with E-state index in [-0.39, 0.29) is 70.7 Å². The Hall–Kier alpha value is -4.17. The topological polar surface area (TPSA) is 154 Å². The standard InChI is InChI=1S/C61H74N3O11S3.Y/c1-7-55(65)59(78(67,68)69)20-27-76-77-61(3,4)40-62(21-22-72-25-26-73-24-23-70-5)51-30-42(38-74-56-35-45-17-19-50-33-47-13-9-11-15-54(47)64(50)60(66)52(45)28-41(56)2)29-43(31-51)39-75-58-34-44-16-18-49-32-46-12-8-10-14-53(46)63(49)37-48(44)36-57(58)71-6;/h8-15,18,28-31,34-36,49-50,59H,7,16-17,19-27,32-33,37-40H2,1-6H3,(H,67,68,69);/q-1;/t49-,50-,59?;/m1./s1. The first kappa shape index (κ1) is 60.9. The number of anilines is 3. The molecule has 5 aromatic carbocycles. The molecule has 14 nitrogen and oxygen atoms in total. The van der Waals surface area contributed by atoms with Crippen molar-refractivity contribution in [1.29, 1.82) is 0 Å². The number of benzene rings is 5. The van der Waals surface area contributed by atoms with Crippen LogP contribution < -0.4 is 28.9 Å². The summed E-state index contributed by atoms with van der Waals surface area (Å²) in [5, 5.41) is -1.44. The third-order valence-electron chi connectivity index (χ3n) is 15.1. The predicted molar refractivity (Wildman–Crippen MR) is 312 cm³/mol. The van der Waals surface area contributed by atoms with Crippen LogP contribution in [-0.2, 0) is 107 Å². The first-order valence-electron chi connectivity index (χ1n) is 27.1. The van der Waals surface area contributed by atoms with Gasteiger partial charge in [-0.3, -0.25) is 14.1 Å². The van der Waals surface area contributed by atoms with Crippen LogP contribution in [0.4, 0.5) is 17.1 Å². The van der Waals surface area contributed by atoms with Gasteiger partial charge in [-0.25, -0.2) is 0 Å². The average Bonchev–Trinajstić information content (AvgIpc) is 4.05. The number of Topliss-reactive ketones (excluding diaryl/α,β-unsaturated/α-hetero) is 1. The Morgan fingerprint density at radius 2 is 1.48 bits per heavy atom. The fraction of sp³-hybridized carbons (Fsp3) is 0.459. The van der Waals surface area contributed by atoms with Gasteiger partial charge in [-0.1, -0.05) is 76.5 Å². The predicted octanol–water partition coefficient (Wildman–Crippen LogP) is 10.6. The van der Waals surface area contributed by atoms with Gasteiger partial charge in [0, 0.05) is 105 Å². The van der Waals surface area contributed by atoms with E-state index in [0.29, 0.717) is 69.4 Å². The molecule has 0 saturated carbocycles. The molecule has 421 valence electrons. The first-order chi connectivity index (χ1) is 37.6. The van der Waals surface area contributed by atoms with Gasteiger partial charge in [0.05, 0.1) is 40.1 Å². The van der Waals surface area contributed by atoms with Crippen LogP contribution in [0.15, 0.2) is 91.0 Å². The molecular weight excluding hydrogens is 1140 g/mol. The number of aryl methyl sites for hydroxylation is 2. The molecule has 0 bridgehead atoms. The van der Waals surface area contributed by atoms with E-state index < -0.39 is 25.9 Å². The quantitative estimate of drug-likeness (QED) is 0.0229. The molecule has 79 heavy (non-hydrogen) atoms. The van der Waals surface area contributed by atoms with E-state index in [1.165, 1.54) is 38.7 Å². The summed E-state index contributed by atoms with van der Waals surface area (Å²) in [6.07, 6.45) is 6.74.